The Balaban J connectivity index is 1.64. The number of benzene rings is 2. The number of methoxy groups -OCH3 is 1. The lowest BCUT2D eigenvalue weighted by Gasteiger charge is -2.22. The van der Waals surface area contributed by atoms with Crippen molar-refractivity contribution in [3.63, 3.8) is 0 Å². The molecule has 1 amide bonds. The van der Waals surface area contributed by atoms with Crippen LogP contribution in [0.15, 0.2) is 42.5 Å². The fraction of sp³-hybridized carbons (Fsp3) is 0.381. The van der Waals surface area contributed by atoms with Crippen LogP contribution in [0, 0.1) is 6.92 Å². The molecule has 1 fully saturated rings. The van der Waals surface area contributed by atoms with Crippen LogP contribution in [0.3, 0.4) is 0 Å². The van der Waals surface area contributed by atoms with E-state index in [2.05, 4.69) is 34.6 Å². The van der Waals surface area contributed by atoms with Gasteiger partial charge in [-0.25, -0.2) is 0 Å². The fourth-order valence-corrected chi connectivity index (χ4v) is 3.36. The van der Waals surface area contributed by atoms with Crippen LogP contribution in [-0.4, -0.2) is 32.1 Å². The third-order valence-corrected chi connectivity index (χ3v) is 4.78. The first-order chi connectivity index (χ1) is 12.6. The van der Waals surface area contributed by atoms with Crippen molar-refractivity contribution in [3.8, 4) is 5.75 Å². The highest BCUT2D eigenvalue weighted by molar-refractivity contribution is 5.97. The van der Waals surface area contributed by atoms with Crippen LogP contribution in [0.1, 0.15) is 25.3 Å². The number of amides is 1. The summed E-state index contributed by atoms with van der Waals surface area (Å²) in [6.45, 7) is 6.24. The van der Waals surface area contributed by atoms with Crippen LogP contribution in [0.5, 0.6) is 5.75 Å². The Morgan fingerprint density at radius 1 is 1.15 bits per heavy atom. The summed E-state index contributed by atoms with van der Waals surface area (Å²) < 4.78 is 5.28. The monoisotopic (exact) mass is 353 g/mol. The molecule has 1 saturated heterocycles. The molecule has 2 N–H and O–H groups in total. The molecule has 1 aliphatic heterocycles. The molecule has 0 saturated carbocycles. The molecule has 1 aliphatic rings. The van der Waals surface area contributed by atoms with Gasteiger partial charge in [0.05, 0.1) is 12.8 Å². The maximum Gasteiger partial charge on any atom is 0.246 e. The molecule has 5 heteroatoms. The standard InChI is InChI=1S/C21H27N3O2/c1-15-14-17(10-11-19(15)24-12-6-7-13-24)22-16(2)21(25)23-18-8-4-5-9-20(18)26-3/h4-5,8-11,14,16,22H,6-7,12-13H2,1-3H3,(H,23,25). The number of anilines is 3. The molecule has 0 spiro atoms. The van der Waals surface area contributed by atoms with E-state index in [0.29, 0.717) is 11.4 Å². The van der Waals surface area contributed by atoms with Gasteiger partial charge < -0.3 is 20.3 Å². The van der Waals surface area contributed by atoms with Gasteiger partial charge in [0, 0.05) is 24.5 Å². The summed E-state index contributed by atoms with van der Waals surface area (Å²) in [4.78, 5) is 14.9. The molecule has 138 valence electrons. The molecular weight excluding hydrogens is 326 g/mol. The Labute approximate surface area is 155 Å². The van der Waals surface area contributed by atoms with Crippen molar-refractivity contribution in [2.24, 2.45) is 0 Å². The lowest BCUT2D eigenvalue weighted by atomic mass is 10.1. The van der Waals surface area contributed by atoms with Crippen LogP contribution >= 0.6 is 0 Å². The number of hydrogen-bond acceptors (Lipinski definition) is 4. The number of para-hydroxylation sites is 2. The fourth-order valence-electron chi connectivity index (χ4n) is 3.36. The quantitative estimate of drug-likeness (QED) is 0.823. The maximum atomic E-state index is 12.5. The van der Waals surface area contributed by atoms with E-state index in [1.807, 2.05) is 37.3 Å². The van der Waals surface area contributed by atoms with Gasteiger partial charge >= 0.3 is 0 Å². The highest BCUT2D eigenvalue weighted by atomic mass is 16.5. The zero-order valence-electron chi connectivity index (χ0n) is 15.7. The Hall–Kier alpha value is -2.69. The van der Waals surface area contributed by atoms with E-state index in [1.165, 1.54) is 24.1 Å². The van der Waals surface area contributed by atoms with Gasteiger partial charge in [-0.2, -0.15) is 0 Å². The number of hydrogen-bond donors (Lipinski definition) is 2. The molecule has 0 radical (unpaired) electrons. The van der Waals surface area contributed by atoms with Crippen molar-refractivity contribution in [1.82, 2.24) is 0 Å². The Morgan fingerprint density at radius 2 is 1.88 bits per heavy atom. The summed E-state index contributed by atoms with van der Waals surface area (Å²) in [6, 6.07) is 13.4. The summed E-state index contributed by atoms with van der Waals surface area (Å²) in [5.74, 6) is 0.551. The molecule has 26 heavy (non-hydrogen) atoms. The highest BCUT2D eigenvalue weighted by Gasteiger charge is 2.17. The lowest BCUT2D eigenvalue weighted by molar-refractivity contribution is -0.116. The maximum absolute atomic E-state index is 12.5. The summed E-state index contributed by atoms with van der Waals surface area (Å²) >= 11 is 0. The van der Waals surface area contributed by atoms with E-state index in [1.54, 1.807) is 7.11 Å². The molecule has 0 aromatic heterocycles. The summed E-state index contributed by atoms with van der Waals surface area (Å²) in [5.41, 5.74) is 4.15. The largest absolute Gasteiger partial charge is 0.495 e. The van der Waals surface area contributed by atoms with E-state index >= 15 is 0 Å². The zero-order valence-corrected chi connectivity index (χ0v) is 15.7. The number of nitrogens with zero attached hydrogens (tertiary/aromatic N) is 1. The zero-order chi connectivity index (χ0) is 18.5. The topological polar surface area (TPSA) is 53.6 Å². The van der Waals surface area contributed by atoms with Gasteiger partial charge in [0.25, 0.3) is 0 Å². The molecule has 0 aliphatic carbocycles. The minimum atomic E-state index is -0.364. The Bertz CT molecular complexity index is 770. The lowest BCUT2D eigenvalue weighted by Crippen LogP contribution is -2.32. The van der Waals surface area contributed by atoms with Crippen LogP contribution in [-0.2, 0) is 4.79 Å². The molecule has 5 nitrogen and oxygen atoms in total. The summed E-state index contributed by atoms with van der Waals surface area (Å²) in [5, 5.41) is 6.20. The second-order valence-electron chi connectivity index (χ2n) is 6.75. The summed E-state index contributed by atoms with van der Waals surface area (Å²) in [6.07, 6.45) is 2.53. The van der Waals surface area contributed by atoms with Crippen molar-refractivity contribution < 1.29 is 9.53 Å². The molecule has 2 aromatic carbocycles. The third-order valence-electron chi connectivity index (χ3n) is 4.78. The van der Waals surface area contributed by atoms with Gasteiger partial charge in [-0.05, 0) is 62.6 Å². The third kappa shape index (κ3) is 4.10. The normalized spacial score (nSPS) is 14.8. The van der Waals surface area contributed by atoms with E-state index < -0.39 is 0 Å². The van der Waals surface area contributed by atoms with Gasteiger partial charge in [-0.15, -0.1) is 0 Å². The second kappa shape index (κ2) is 8.13. The van der Waals surface area contributed by atoms with Crippen LogP contribution in [0.25, 0.3) is 0 Å². The number of carbonyl (C=O) groups is 1. The smallest absolute Gasteiger partial charge is 0.246 e. The van der Waals surface area contributed by atoms with Crippen LogP contribution in [0.4, 0.5) is 17.1 Å². The number of rotatable bonds is 6. The molecular formula is C21H27N3O2. The van der Waals surface area contributed by atoms with Crippen LogP contribution < -0.4 is 20.3 Å². The number of nitrogens with one attached hydrogen (secondary N) is 2. The first kappa shape index (κ1) is 18.1. The molecule has 1 atom stereocenters. The first-order valence-electron chi connectivity index (χ1n) is 9.14. The highest BCUT2D eigenvalue weighted by Crippen LogP contribution is 2.27. The van der Waals surface area contributed by atoms with Crippen molar-refractivity contribution in [3.05, 3.63) is 48.0 Å². The SMILES string of the molecule is COc1ccccc1NC(=O)C(C)Nc1ccc(N2CCCC2)c(C)c1. The number of aryl methyl sites for hydroxylation is 1. The molecule has 3 rings (SSSR count). The molecule has 1 heterocycles. The molecule has 2 aromatic rings. The Kier molecular flexibility index (Phi) is 5.66. The van der Waals surface area contributed by atoms with Crippen LogP contribution in [0.2, 0.25) is 0 Å². The van der Waals surface area contributed by atoms with Crippen molar-refractivity contribution in [2.45, 2.75) is 32.7 Å². The predicted octanol–water partition coefficient (Wildman–Crippen LogP) is 4.04. The van der Waals surface area contributed by atoms with Gasteiger partial charge in [0.2, 0.25) is 5.91 Å². The molecule has 0 bridgehead atoms. The first-order valence-corrected chi connectivity index (χ1v) is 9.14. The van der Waals surface area contributed by atoms with E-state index in [-0.39, 0.29) is 11.9 Å². The summed E-state index contributed by atoms with van der Waals surface area (Å²) in [7, 11) is 1.59. The van der Waals surface area contributed by atoms with E-state index in [4.69, 9.17) is 4.74 Å². The predicted molar refractivity (Wildman–Crippen MR) is 107 cm³/mol. The van der Waals surface area contributed by atoms with Crippen molar-refractivity contribution in [2.75, 3.05) is 35.7 Å². The van der Waals surface area contributed by atoms with E-state index in [0.717, 1.165) is 18.8 Å². The number of carbonyl (C=O) groups excluding carboxylic acids is 1. The minimum Gasteiger partial charge on any atom is -0.495 e. The van der Waals surface area contributed by atoms with Gasteiger partial charge in [-0.1, -0.05) is 12.1 Å². The number of ether oxygens (including phenoxy) is 1. The average molecular weight is 353 g/mol. The van der Waals surface area contributed by atoms with E-state index in [9.17, 15) is 4.79 Å². The van der Waals surface area contributed by atoms with Gasteiger partial charge in [0.1, 0.15) is 11.8 Å². The van der Waals surface area contributed by atoms with Crippen molar-refractivity contribution >= 4 is 23.0 Å². The molecule has 1 unspecified atom stereocenters. The van der Waals surface area contributed by atoms with Gasteiger partial charge in [0.15, 0.2) is 0 Å². The second-order valence-corrected chi connectivity index (χ2v) is 6.75. The van der Waals surface area contributed by atoms with Crippen molar-refractivity contribution in [1.29, 1.82) is 0 Å². The minimum absolute atomic E-state index is 0.101. The average Bonchev–Trinajstić information content (AvgIpc) is 3.16. The van der Waals surface area contributed by atoms with Gasteiger partial charge in [-0.3, -0.25) is 4.79 Å². The Morgan fingerprint density at radius 3 is 2.58 bits per heavy atom.